The van der Waals surface area contributed by atoms with Crippen LogP contribution < -0.4 is 10.6 Å². The average Bonchev–Trinajstić information content (AvgIpc) is 3.63. The number of amides is 2. The molecular formula is C29H28N8O2. The molecule has 2 amide bonds. The van der Waals surface area contributed by atoms with Crippen molar-refractivity contribution in [2.24, 2.45) is 18.0 Å². The molecule has 6 rings (SSSR count). The van der Waals surface area contributed by atoms with Gasteiger partial charge in [0.15, 0.2) is 5.65 Å². The smallest absolute Gasteiger partial charge is 0.253 e. The summed E-state index contributed by atoms with van der Waals surface area (Å²) >= 11 is 0. The summed E-state index contributed by atoms with van der Waals surface area (Å²) in [6, 6.07) is 7.53. The largest absolute Gasteiger partial charge is 0.350 e. The quantitative estimate of drug-likeness (QED) is 0.390. The zero-order chi connectivity index (χ0) is 27.1. The van der Waals surface area contributed by atoms with Crippen molar-refractivity contribution < 1.29 is 9.59 Å². The maximum atomic E-state index is 13.5. The van der Waals surface area contributed by atoms with Gasteiger partial charge in [-0.15, -0.1) is 11.5 Å². The number of aliphatic imine (C=N–C) groups is 1. The Morgan fingerprint density at radius 3 is 2.85 bits per heavy atom. The minimum absolute atomic E-state index is 0.0479. The molecule has 2 aliphatic rings. The van der Waals surface area contributed by atoms with Crippen LogP contribution in [0.25, 0.3) is 27.8 Å². The average molecular weight is 521 g/mol. The molecule has 196 valence electrons. The molecule has 10 nitrogen and oxygen atoms in total. The van der Waals surface area contributed by atoms with Crippen LogP contribution in [0.5, 0.6) is 0 Å². The monoisotopic (exact) mass is 520 g/mol. The Hall–Kier alpha value is -4.78. The van der Waals surface area contributed by atoms with Crippen LogP contribution in [0.2, 0.25) is 0 Å². The topological polar surface area (TPSA) is 119 Å². The van der Waals surface area contributed by atoms with Crippen molar-refractivity contribution >= 4 is 40.0 Å². The zero-order valence-corrected chi connectivity index (χ0v) is 21.8. The SMILES string of the molecule is C#C/C=C1/CCCC(NC(=O)c2cn(C)c3ccc(-c4cc5nc(NC(=O)C6CC6)nn5cn4)cc23)/C1=N/C. The van der Waals surface area contributed by atoms with E-state index in [1.165, 1.54) is 4.52 Å². The number of nitrogens with zero attached hydrogens (tertiary/aromatic N) is 6. The van der Waals surface area contributed by atoms with Gasteiger partial charge in [0, 0.05) is 48.7 Å². The van der Waals surface area contributed by atoms with Crippen LogP contribution in [0.4, 0.5) is 5.95 Å². The molecule has 3 aromatic heterocycles. The third-order valence-corrected chi connectivity index (χ3v) is 7.34. The molecule has 10 heteroatoms. The van der Waals surface area contributed by atoms with E-state index >= 15 is 0 Å². The Balaban J connectivity index is 1.29. The van der Waals surface area contributed by atoms with Crippen LogP contribution >= 0.6 is 0 Å². The highest BCUT2D eigenvalue weighted by Crippen LogP contribution is 2.30. The summed E-state index contributed by atoms with van der Waals surface area (Å²) in [6.07, 6.45) is 15.1. The molecule has 1 unspecified atom stereocenters. The summed E-state index contributed by atoms with van der Waals surface area (Å²) < 4.78 is 3.48. The van der Waals surface area contributed by atoms with E-state index in [1.807, 2.05) is 42.1 Å². The molecular weight excluding hydrogens is 492 g/mol. The molecule has 4 aromatic rings. The van der Waals surface area contributed by atoms with Crippen molar-refractivity contribution in [3.05, 3.63) is 54.0 Å². The van der Waals surface area contributed by atoms with Crippen LogP contribution in [0.3, 0.4) is 0 Å². The maximum absolute atomic E-state index is 13.5. The van der Waals surface area contributed by atoms with Crippen LogP contribution in [0, 0.1) is 18.3 Å². The second-order valence-corrected chi connectivity index (χ2v) is 10.0. The number of aryl methyl sites for hydroxylation is 1. The van der Waals surface area contributed by atoms with Crippen molar-refractivity contribution in [3.8, 4) is 23.6 Å². The highest BCUT2D eigenvalue weighted by atomic mass is 16.2. The van der Waals surface area contributed by atoms with Crippen molar-refractivity contribution in [3.63, 3.8) is 0 Å². The van der Waals surface area contributed by atoms with E-state index in [9.17, 15) is 9.59 Å². The van der Waals surface area contributed by atoms with Crippen LogP contribution in [0.1, 0.15) is 42.5 Å². The molecule has 1 aromatic carbocycles. The molecule has 0 radical (unpaired) electrons. The zero-order valence-electron chi connectivity index (χ0n) is 21.8. The van der Waals surface area contributed by atoms with E-state index in [1.54, 1.807) is 19.5 Å². The first-order chi connectivity index (χ1) is 18.9. The lowest BCUT2D eigenvalue weighted by molar-refractivity contribution is -0.117. The second kappa shape index (κ2) is 9.83. The fourth-order valence-corrected chi connectivity index (χ4v) is 5.20. The third kappa shape index (κ3) is 4.68. The first kappa shape index (κ1) is 24.6. The second-order valence-electron chi connectivity index (χ2n) is 10.0. The summed E-state index contributed by atoms with van der Waals surface area (Å²) in [5.41, 5.74) is 5.43. The van der Waals surface area contributed by atoms with Gasteiger partial charge in [-0.25, -0.2) is 9.50 Å². The van der Waals surface area contributed by atoms with Gasteiger partial charge in [0.2, 0.25) is 11.9 Å². The number of fused-ring (bicyclic) bond motifs is 2. The number of anilines is 1. The molecule has 1 atom stereocenters. The Morgan fingerprint density at radius 1 is 1.23 bits per heavy atom. The van der Waals surface area contributed by atoms with Gasteiger partial charge in [-0.3, -0.25) is 19.9 Å². The van der Waals surface area contributed by atoms with Crippen molar-refractivity contribution in [2.45, 2.75) is 38.1 Å². The van der Waals surface area contributed by atoms with Gasteiger partial charge in [-0.2, -0.15) is 4.98 Å². The standard InChI is InChI=1S/C29H28N8O2/c1-4-6-17-7-5-8-22(26(17)30-2)32-28(39)21-15-36(3)24-12-11-19(13-20(21)24)23-14-25-33-29(35-37(25)16-31-23)34-27(38)18-9-10-18/h1,6,11-16,18,22H,5,7-10H2,2-3H3,(H,32,39)(H,34,35,38)/b17-6-,30-26+. The fraction of sp³-hybridized carbons (Fsp3) is 0.310. The molecule has 0 spiro atoms. The number of carbonyl (C=O) groups is 2. The molecule has 39 heavy (non-hydrogen) atoms. The number of rotatable bonds is 5. The summed E-state index contributed by atoms with van der Waals surface area (Å²) in [6.45, 7) is 0. The van der Waals surface area contributed by atoms with E-state index in [-0.39, 0.29) is 29.7 Å². The molecule has 0 saturated heterocycles. The van der Waals surface area contributed by atoms with Crippen LogP contribution in [0.15, 0.2) is 53.4 Å². The van der Waals surface area contributed by atoms with E-state index in [0.29, 0.717) is 16.9 Å². The first-order valence-corrected chi connectivity index (χ1v) is 13.0. The Bertz CT molecular complexity index is 1730. The van der Waals surface area contributed by atoms with Gasteiger partial charge >= 0.3 is 0 Å². The summed E-state index contributed by atoms with van der Waals surface area (Å²) in [7, 11) is 3.65. The molecule has 0 aliphatic heterocycles. The normalized spacial score (nSPS) is 19.5. The molecule has 2 fully saturated rings. The number of hydrogen-bond donors (Lipinski definition) is 2. The number of nitrogens with one attached hydrogen (secondary N) is 2. The van der Waals surface area contributed by atoms with Gasteiger partial charge in [0.05, 0.1) is 23.0 Å². The minimum Gasteiger partial charge on any atom is -0.350 e. The van der Waals surface area contributed by atoms with E-state index < -0.39 is 0 Å². The Morgan fingerprint density at radius 2 is 2.08 bits per heavy atom. The summed E-state index contributed by atoms with van der Waals surface area (Å²) in [5.74, 6) is 2.71. The van der Waals surface area contributed by atoms with Crippen LogP contribution in [-0.4, -0.2) is 54.8 Å². The predicted molar refractivity (Wildman–Crippen MR) is 149 cm³/mol. The van der Waals surface area contributed by atoms with E-state index in [2.05, 4.69) is 36.6 Å². The van der Waals surface area contributed by atoms with Crippen LogP contribution in [-0.2, 0) is 11.8 Å². The number of benzene rings is 1. The Labute approximate surface area is 225 Å². The van der Waals surface area contributed by atoms with E-state index in [4.69, 9.17) is 6.42 Å². The number of terminal acetylenes is 1. The highest BCUT2D eigenvalue weighted by molar-refractivity contribution is 6.12. The van der Waals surface area contributed by atoms with Crippen molar-refractivity contribution in [1.82, 2.24) is 29.5 Å². The van der Waals surface area contributed by atoms with E-state index in [0.717, 1.165) is 59.9 Å². The number of hydrogen-bond acceptors (Lipinski definition) is 6. The fourth-order valence-electron chi connectivity index (χ4n) is 5.20. The first-order valence-electron chi connectivity index (χ1n) is 13.0. The lowest BCUT2D eigenvalue weighted by atomic mass is 9.88. The van der Waals surface area contributed by atoms with Crippen molar-refractivity contribution in [2.75, 3.05) is 12.4 Å². The highest BCUT2D eigenvalue weighted by Gasteiger charge is 2.30. The molecule has 2 N–H and O–H groups in total. The van der Waals surface area contributed by atoms with Gasteiger partial charge in [0.1, 0.15) is 6.33 Å². The molecule has 2 saturated carbocycles. The maximum Gasteiger partial charge on any atom is 0.253 e. The predicted octanol–water partition coefficient (Wildman–Crippen LogP) is 3.54. The lowest BCUT2D eigenvalue weighted by Crippen LogP contribution is -2.43. The van der Waals surface area contributed by atoms with Gasteiger partial charge < -0.3 is 9.88 Å². The van der Waals surface area contributed by atoms with Gasteiger partial charge in [-0.1, -0.05) is 12.0 Å². The minimum atomic E-state index is -0.194. The van der Waals surface area contributed by atoms with Gasteiger partial charge in [-0.05, 0) is 55.9 Å². The van der Waals surface area contributed by atoms with Gasteiger partial charge in [0.25, 0.3) is 5.91 Å². The number of allylic oxidation sites excluding steroid dienone is 1. The number of carbonyl (C=O) groups excluding carboxylic acids is 2. The third-order valence-electron chi connectivity index (χ3n) is 7.34. The molecule has 3 heterocycles. The number of aromatic nitrogens is 5. The summed E-state index contributed by atoms with van der Waals surface area (Å²) in [5, 5.41) is 11.1. The molecule has 0 bridgehead atoms. The van der Waals surface area contributed by atoms with Crippen molar-refractivity contribution in [1.29, 1.82) is 0 Å². The lowest BCUT2D eigenvalue weighted by Gasteiger charge is -2.27. The molecule has 2 aliphatic carbocycles. The Kier molecular flexibility index (Phi) is 6.19. The summed E-state index contributed by atoms with van der Waals surface area (Å²) in [4.78, 5) is 39.0.